The van der Waals surface area contributed by atoms with Gasteiger partial charge in [0.2, 0.25) is 0 Å². The Labute approximate surface area is 163 Å². The van der Waals surface area contributed by atoms with Crippen LogP contribution in [-0.2, 0) is 12.6 Å². The molecule has 0 saturated carbocycles. The Hall–Kier alpha value is -3.35. The molecule has 2 aliphatic rings. The van der Waals surface area contributed by atoms with Crippen LogP contribution in [-0.4, -0.2) is 24.0 Å². The smallest absolute Gasteiger partial charge is 0.418 e. The van der Waals surface area contributed by atoms with E-state index in [2.05, 4.69) is 4.98 Å². The van der Waals surface area contributed by atoms with Crippen molar-refractivity contribution in [3.8, 4) is 11.5 Å². The Bertz CT molecular complexity index is 1200. The lowest BCUT2D eigenvalue weighted by Crippen LogP contribution is -2.18. The summed E-state index contributed by atoms with van der Waals surface area (Å²) in [6, 6.07) is 9.37. The van der Waals surface area contributed by atoms with Crippen LogP contribution in [0, 0.1) is 0 Å². The highest BCUT2D eigenvalue weighted by Gasteiger charge is 2.37. The van der Waals surface area contributed by atoms with Crippen molar-refractivity contribution in [2.24, 2.45) is 0 Å². The zero-order chi connectivity index (χ0) is 20.2. The fourth-order valence-corrected chi connectivity index (χ4v) is 3.84. The summed E-state index contributed by atoms with van der Waals surface area (Å²) in [6.45, 7) is 0.838. The van der Waals surface area contributed by atoms with Gasteiger partial charge < -0.3 is 9.47 Å². The molecule has 0 fully saturated rings. The van der Waals surface area contributed by atoms with Crippen molar-refractivity contribution in [3.63, 3.8) is 0 Å². The summed E-state index contributed by atoms with van der Waals surface area (Å²) in [5.41, 5.74) is -0.154. The molecule has 0 atom stereocenters. The molecule has 2 heterocycles. The minimum atomic E-state index is -4.60. The van der Waals surface area contributed by atoms with Crippen LogP contribution in [0.2, 0.25) is 0 Å². The maximum Gasteiger partial charge on any atom is 0.418 e. The highest BCUT2D eigenvalue weighted by atomic mass is 19.4. The summed E-state index contributed by atoms with van der Waals surface area (Å²) in [4.78, 5) is 17.2. The Morgan fingerprint density at radius 1 is 1.00 bits per heavy atom. The minimum Gasteiger partial charge on any atom is -0.486 e. The number of fused-ring (bicyclic) bond motifs is 4. The highest BCUT2D eigenvalue weighted by Crippen LogP contribution is 2.41. The number of aromatic nitrogens is 1. The van der Waals surface area contributed by atoms with Crippen molar-refractivity contribution in [1.29, 1.82) is 0 Å². The second kappa shape index (κ2) is 6.34. The van der Waals surface area contributed by atoms with E-state index >= 15 is 0 Å². The molecule has 0 spiro atoms. The molecule has 0 amide bonds. The van der Waals surface area contributed by atoms with Crippen molar-refractivity contribution >= 4 is 22.1 Å². The molecule has 7 heteroatoms. The monoisotopic (exact) mass is 397 g/mol. The van der Waals surface area contributed by atoms with Crippen LogP contribution in [0.3, 0.4) is 0 Å². The summed E-state index contributed by atoms with van der Waals surface area (Å²) in [5.74, 6) is 0.638. The Morgan fingerprint density at radius 3 is 2.52 bits per heavy atom. The van der Waals surface area contributed by atoms with Crippen molar-refractivity contribution in [2.75, 3.05) is 13.2 Å². The average Bonchev–Trinajstić information content (AvgIpc) is 2.71. The lowest BCUT2D eigenvalue weighted by atomic mass is 9.84. The van der Waals surface area contributed by atoms with Gasteiger partial charge in [-0.05, 0) is 47.0 Å². The normalized spacial score (nSPS) is 15.8. The first-order valence-corrected chi connectivity index (χ1v) is 9.06. The molecule has 0 unspecified atom stereocenters. The number of allylic oxidation sites excluding steroid dienone is 2. The number of nitrogens with zero attached hydrogens (tertiary/aromatic N) is 1. The molecule has 146 valence electrons. The molecule has 0 N–H and O–H groups in total. The van der Waals surface area contributed by atoms with E-state index in [0.717, 1.165) is 17.0 Å². The zero-order valence-corrected chi connectivity index (χ0v) is 15.0. The molecule has 0 radical (unpaired) electrons. The molecular weight excluding hydrogens is 383 g/mol. The zero-order valence-electron chi connectivity index (χ0n) is 15.0. The molecule has 3 aromatic rings. The fourth-order valence-electron chi connectivity index (χ4n) is 3.84. The fraction of sp³-hybridized carbons (Fsp3) is 0.182. The van der Waals surface area contributed by atoms with Crippen molar-refractivity contribution in [1.82, 2.24) is 4.98 Å². The molecule has 1 aliphatic carbocycles. The molecule has 4 nitrogen and oxygen atoms in total. The first-order chi connectivity index (χ1) is 13.9. The number of carbonyl (C=O) groups excluding carboxylic acids is 1. The summed E-state index contributed by atoms with van der Waals surface area (Å²) in [7, 11) is 0. The summed E-state index contributed by atoms with van der Waals surface area (Å²) in [5, 5.41) is 1.39. The van der Waals surface area contributed by atoms with Gasteiger partial charge >= 0.3 is 6.18 Å². The first-order valence-electron chi connectivity index (χ1n) is 9.06. The lowest BCUT2D eigenvalue weighted by Gasteiger charge is -2.22. The molecule has 1 aliphatic heterocycles. The third-order valence-electron chi connectivity index (χ3n) is 5.13. The van der Waals surface area contributed by atoms with Crippen molar-refractivity contribution < 1.29 is 27.4 Å². The Balaban J connectivity index is 1.68. The Kier molecular flexibility index (Phi) is 3.87. The van der Waals surface area contributed by atoms with Crippen molar-refractivity contribution in [2.45, 2.75) is 12.6 Å². The van der Waals surface area contributed by atoms with Gasteiger partial charge in [0.1, 0.15) is 13.2 Å². The van der Waals surface area contributed by atoms with Gasteiger partial charge in [-0.3, -0.25) is 9.78 Å². The summed E-state index contributed by atoms with van der Waals surface area (Å²) in [6.07, 6.45) is -1.48. The van der Waals surface area contributed by atoms with E-state index in [1.807, 2.05) is 12.1 Å². The van der Waals surface area contributed by atoms with E-state index < -0.39 is 17.5 Å². The predicted molar refractivity (Wildman–Crippen MR) is 100 cm³/mol. The van der Waals surface area contributed by atoms with E-state index in [-0.39, 0.29) is 11.3 Å². The molecule has 1 aromatic heterocycles. The molecule has 5 rings (SSSR count). The number of carbonyl (C=O) groups is 1. The number of ether oxygens (including phenoxy) is 2. The van der Waals surface area contributed by atoms with Gasteiger partial charge in [-0.15, -0.1) is 0 Å². The van der Waals surface area contributed by atoms with Gasteiger partial charge in [0.05, 0.1) is 11.3 Å². The molecule has 0 saturated heterocycles. The quantitative estimate of drug-likeness (QED) is 0.589. The van der Waals surface area contributed by atoms with E-state index in [4.69, 9.17) is 9.47 Å². The maximum atomic E-state index is 13.5. The third-order valence-corrected chi connectivity index (χ3v) is 5.13. The molecule has 29 heavy (non-hydrogen) atoms. The molecule has 0 bridgehead atoms. The number of ketones is 1. The van der Waals surface area contributed by atoms with Crippen LogP contribution < -0.4 is 9.47 Å². The van der Waals surface area contributed by atoms with E-state index in [1.165, 1.54) is 18.3 Å². The highest BCUT2D eigenvalue weighted by molar-refractivity contribution is 6.33. The minimum absolute atomic E-state index is 0.0344. The number of hydrogen-bond acceptors (Lipinski definition) is 4. The number of benzene rings is 2. The second-order valence-corrected chi connectivity index (χ2v) is 6.87. The van der Waals surface area contributed by atoms with Gasteiger partial charge in [0.25, 0.3) is 0 Å². The van der Waals surface area contributed by atoms with Gasteiger partial charge in [-0.1, -0.05) is 18.2 Å². The number of pyridine rings is 1. The van der Waals surface area contributed by atoms with Crippen LogP contribution in [0.1, 0.15) is 27.2 Å². The lowest BCUT2D eigenvalue weighted by molar-refractivity contribution is -0.138. The Morgan fingerprint density at radius 2 is 1.76 bits per heavy atom. The van der Waals surface area contributed by atoms with E-state index in [9.17, 15) is 18.0 Å². The van der Waals surface area contributed by atoms with Crippen LogP contribution in [0.5, 0.6) is 11.5 Å². The second-order valence-electron chi connectivity index (χ2n) is 6.87. The van der Waals surface area contributed by atoms with E-state index in [0.29, 0.717) is 42.1 Å². The van der Waals surface area contributed by atoms with Crippen LogP contribution >= 0.6 is 0 Å². The number of hydrogen-bond donors (Lipinski definition) is 0. The van der Waals surface area contributed by atoms with Gasteiger partial charge in [0, 0.05) is 17.3 Å². The number of alkyl halides is 3. The molecular formula is C22H14F3NO3. The summed E-state index contributed by atoms with van der Waals surface area (Å²) >= 11 is 0. The standard InChI is InChI=1S/C22H14F3NO3/c23-22(24,25)16-2-1-7-26-20(16)14-6-5-12-3-4-13-10-17-18(29-9-8-28-17)11-15(13)19(12)21(14)27/h1-4,6-7,10-11H,5,8-9H2. The predicted octanol–water partition coefficient (Wildman–Crippen LogP) is 4.85. The third kappa shape index (κ3) is 2.85. The largest absolute Gasteiger partial charge is 0.486 e. The van der Waals surface area contributed by atoms with Crippen LogP contribution in [0.15, 0.2) is 48.7 Å². The number of rotatable bonds is 1. The van der Waals surface area contributed by atoms with Crippen LogP contribution in [0.4, 0.5) is 13.2 Å². The van der Waals surface area contributed by atoms with Gasteiger partial charge in [0.15, 0.2) is 17.3 Å². The average molecular weight is 397 g/mol. The maximum absolute atomic E-state index is 13.5. The van der Waals surface area contributed by atoms with Crippen LogP contribution in [0.25, 0.3) is 16.3 Å². The topological polar surface area (TPSA) is 48.4 Å². The number of Topliss-reactive ketones (excluding diaryl/α,β-unsaturated/α-hetero) is 1. The molecule has 2 aromatic carbocycles. The summed E-state index contributed by atoms with van der Waals surface area (Å²) < 4.78 is 51.6. The SMILES string of the molecule is O=C1C(c2ncccc2C(F)(F)F)=CCc2ccc3cc4c(cc3c21)OCCO4. The van der Waals surface area contributed by atoms with Gasteiger partial charge in [-0.2, -0.15) is 13.2 Å². The van der Waals surface area contributed by atoms with Crippen molar-refractivity contribution in [3.05, 3.63) is 71.1 Å². The van der Waals surface area contributed by atoms with Gasteiger partial charge in [-0.25, -0.2) is 0 Å². The van der Waals surface area contributed by atoms with E-state index in [1.54, 1.807) is 12.1 Å². The first kappa shape index (κ1) is 17.7. The number of halogens is 3.